The van der Waals surface area contributed by atoms with Gasteiger partial charge in [-0.3, -0.25) is 9.59 Å². The highest BCUT2D eigenvalue weighted by molar-refractivity contribution is 9.10. The third kappa shape index (κ3) is 7.39. The van der Waals surface area contributed by atoms with E-state index in [-0.39, 0.29) is 36.4 Å². The van der Waals surface area contributed by atoms with Gasteiger partial charge in [0.1, 0.15) is 11.8 Å². The molecule has 0 radical (unpaired) electrons. The summed E-state index contributed by atoms with van der Waals surface area (Å²) in [6, 6.07) is 10.6. The average Bonchev–Trinajstić information content (AvgIpc) is 3.32. The van der Waals surface area contributed by atoms with Crippen LogP contribution in [0.1, 0.15) is 70.9 Å². The van der Waals surface area contributed by atoms with Crippen molar-refractivity contribution in [3.8, 4) is 5.75 Å². The van der Waals surface area contributed by atoms with Crippen LogP contribution in [0.3, 0.4) is 0 Å². The summed E-state index contributed by atoms with van der Waals surface area (Å²) in [5, 5.41) is 4.04. The van der Waals surface area contributed by atoms with E-state index in [1.54, 1.807) is 18.2 Å². The molecule has 2 aromatic carbocycles. The van der Waals surface area contributed by atoms with Crippen molar-refractivity contribution >= 4 is 50.9 Å². The molecule has 1 aliphatic carbocycles. The zero-order valence-corrected chi connectivity index (χ0v) is 24.5. The fraction of sp³-hybridized carbons (Fsp3) is 0.500. The molecule has 0 spiro atoms. The smallest absolute Gasteiger partial charge is 0.261 e. The first-order valence-electron chi connectivity index (χ1n) is 12.5. The van der Waals surface area contributed by atoms with E-state index in [0.717, 1.165) is 35.7 Å². The second-order valence-corrected chi connectivity index (χ2v) is 12.0. The lowest BCUT2D eigenvalue weighted by atomic mass is 9.87. The predicted molar refractivity (Wildman–Crippen MR) is 150 cm³/mol. The molecule has 5 nitrogen and oxygen atoms in total. The molecule has 2 amide bonds. The summed E-state index contributed by atoms with van der Waals surface area (Å²) in [5.41, 5.74) is 1.75. The van der Waals surface area contributed by atoms with Crippen LogP contribution in [0.2, 0.25) is 10.0 Å². The Hall–Kier alpha value is -1.76. The maximum atomic E-state index is 13.5. The number of nitrogens with zero attached hydrogens (tertiary/aromatic N) is 1. The van der Waals surface area contributed by atoms with Gasteiger partial charge in [0.2, 0.25) is 5.91 Å². The Balaban J connectivity index is 1.82. The Bertz CT molecular complexity index is 1060. The van der Waals surface area contributed by atoms with Gasteiger partial charge in [0.15, 0.2) is 6.61 Å². The highest BCUT2D eigenvalue weighted by atomic mass is 79.9. The molecule has 0 aliphatic heterocycles. The molecule has 1 fully saturated rings. The summed E-state index contributed by atoms with van der Waals surface area (Å²) in [6.07, 6.45) is 4.60. The van der Waals surface area contributed by atoms with Gasteiger partial charge in [-0.2, -0.15) is 0 Å². The van der Waals surface area contributed by atoms with Crippen molar-refractivity contribution < 1.29 is 14.3 Å². The first-order valence-corrected chi connectivity index (χ1v) is 14.0. The minimum atomic E-state index is -0.666. The molecule has 1 N–H and O–H groups in total. The largest absolute Gasteiger partial charge is 0.483 e. The molecule has 0 unspecified atom stereocenters. The lowest BCUT2D eigenvalue weighted by Crippen LogP contribution is -2.52. The molecule has 0 bridgehead atoms. The SMILES string of the molecule is CC[C@@H](C(=O)NC1CCCC1)N(Cc1c(Cl)cccc1Cl)C(=O)COc1ccc(C(C)(C)C)cc1Br. The summed E-state index contributed by atoms with van der Waals surface area (Å²) in [7, 11) is 0. The lowest BCUT2D eigenvalue weighted by molar-refractivity contribution is -0.143. The second-order valence-electron chi connectivity index (χ2n) is 10.3. The van der Waals surface area contributed by atoms with Crippen molar-refractivity contribution in [1.29, 1.82) is 0 Å². The quantitative estimate of drug-likeness (QED) is 0.330. The zero-order chi connectivity index (χ0) is 26.5. The van der Waals surface area contributed by atoms with E-state index in [1.807, 2.05) is 25.1 Å². The second kappa shape index (κ2) is 12.7. The molecule has 196 valence electrons. The van der Waals surface area contributed by atoms with Crippen molar-refractivity contribution in [3.05, 3.63) is 62.0 Å². The van der Waals surface area contributed by atoms with Crippen LogP contribution in [0.5, 0.6) is 5.75 Å². The van der Waals surface area contributed by atoms with Gasteiger partial charge < -0.3 is 15.0 Å². The maximum absolute atomic E-state index is 13.5. The number of hydrogen-bond donors (Lipinski definition) is 1. The summed E-state index contributed by atoms with van der Waals surface area (Å²) in [5.74, 6) is 0.0957. The molecule has 2 aromatic rings. The maximum Gasteiger partial charge on any atom is 0.261 e. The molecule has 0 saturated heterocycles. The van der Waals surface area contributed by atoms with Crippen LogP contribution in [0.15, 0.2) is 40.9 Å². The number of hydrogen-bond acceptors (Lipinski definition) is 3. The number of ether oxygens (including phenoxy) is 1. The van der Waals surface area contributed by atoms with Crippen LogP contribution in [0.25, 0.3) is 0 Å². The number of carbonyl (C=O) groups excluding carboxylic acids is 2. The molecule has 1 saturated carbocycles. The number of rotatable bonds is 9. The average molecular weight is 598 g/mol. The Kier molecular flexibility index (Phi) is 10.1. The van der Waals surface area contributed by atoms with E-state index in [9.17, 15) is 9.59 Å². The van der Waals surface area contributed by atoms with E-state index >= 15 is 0 Å². The van der Waals surface area contributed by atoms with Crippen molar-refractivity contribution in [2.45, 2.75) is 83.8 Å². The van der Waals surface area contributed by atoms with E-state index in [2.05, 4.69) is 42.0 Å². The summed E-state index contributed by atoms with van der Waals surface area (Å²) in [4.78, 5) is 28.4. The van der Waals surface area contributed by atoms with E-state index in [4.69, 9.17) is 27.9 Å². The lowest BCUT2D eigenvalue weighted by Gasteiger charge is -2.32. The number of benzene rings is 2. The highest BCUT2D eigenvalue weighted by Crippen LogP contribution is 2.32. The van der Waals surface area contributed by atoms with Crippen LogP contribution in [0.4, 0.5) is 0 Å². The normalized spacial score (nSPS) is 15.0. The Morgan fingerprint density at radius 2 is 1.78 bits per heavy atom. The van der Waals surface area contributed by atoms with Gasteiger partial charge in [-0.15, -0.1) is 0 Å². The Labute approximate surface area is 233 Å². The van der Waals surface area contributed by atoms with Gasteiger partial charge >= 0.3 is 0 Å². The molecular formula is C28H35BrCl2N2O3. The molecule has 1 aliphatic rings. The fourth-order valence-electron chi connectivity index (χ4n) is 4.45. The number of carbonyl (C=O) groups is 2. The van der Waals surface area contributed by atoms with Gasteiger partial charge in [-0.1, -0.05) is 75.9 Å². The fourth-order valence-corrected chi connectivity index (χ4v) is 5.46. The first kappa shape index (κ1) is 28.8. The molecule has 8 heteroatoms. The number of amides is 2. The zero-order valence-electron chi connectivity index (χ0n) is 21.4. The summed E-state index contributed by atoms with van der Waals surface area (Å²) < 4.78 is 6.69. The highest BCUT2D eigenvalue weighted by Gasteiger charge is 2.32. The molecule has 0 aromatic heterocycles. The monoisotopic (exact) mass is 596 g/mol. The van der Waals surface area contributed by atoms with Gasteiger partial charge in [0.05, 0.1) is 4.47 Å². The van der Waals surface area contributed by atoms with Crippen molar-refractivity contribution in [2.75, 3.05) is 6.61 Å². The molecule has 3 rings (SSSR count). The molecular weight excluding hydrogens is 563 g/mol. The minimum absolute atomic E-state index is 0.0110. The molecule has 0 heterocycles. The summed E-state index contributed by atoms with van der Waals surface area (Å²) in [6.45, 7) is 8.20. The van der Waals surface area contributed by atoms with Crippen molar-refractivity contribution in [3.63, 3.8) is 0 Å². The van der Waals surface area contributed by atoms with Crippen molar-refractivity contribution in [2.24, 2.45) is 0 Å². The van der Waals surface area contributed by atoms with E-state index in [0.29, 0.717) is 27.8 Å². The number of nitrogens with one attached hydrogen (secondary N) is 1. The van der Waals surface area contributed by atoms with E-state index in [1.165, 1.54) is 4.90 Å². The van der Waals surface area contributed by atoms with Crippen molar-refractivity contribution in [1.82, 2.24) is 10.2 Å². The molecule has 36 heavy (non-hydrogen) atoms. The van der Waals surface area contributed by atoms with Crippen LogP contribution >= 0.6 is 39.1 Å². The topological polar surface area (TPSA) is 58.6 Å². The number of halogens is 3. The van der Waals surface area contributed by atoms with Crippen LogP contribution in [0, 0.1) is 0 Å². The Morgan fingerprint density at radius 1 is 1.14 bits per heavy atom. The van der Waals surface area contributed by atoms with Crippen LogP contribution in [-0.2, 0) is 21.5 Å². The van der Waals surface area contributed by atoms with Gasteiger partial charge in [0, 0.05) is 28.2 Å². The molecule has 1 atom stereocenters. The van der Waals surface area contributed by atoms with Gasteiger partial charge in [-0.25, -0.2) is 0 Å². The summed E-state index contributed by atoms with van der Waals surface area (Å²) >= 11 is 16.4. The van der Waals surface area contributed by atoms with Crippen LogP contribution < -0.4 is 10.1 Å². The minimum Gasteiger partial charge on any atom is -0.483 e. The third-order valence-electron chi connectivity index (χ3n) is 6.63. The predicted octanol–water partition coefficient (Wildman–Crippen LogP) is 7.30. The van der Waals surface area contributed by atoms with Gasteiger partial charge in [-0.05, 0) is 70.4 Å². The first-order chi connectivity index (χ1) is 17.0. The van der Waals surface area contributed by atoms with E-state index < -0.39 is 6.04 Å². The van der Waals surface area contributed by atoms with Gasteiger partial charge in [0.25, 0.3) is 5.91 Å². The third-order valence-corrected chi connectivity index (χ3v) is 7.95. The Morgan fingerprint density at radius 3 is 2.33 bits per heavy atom. The van der Waals surface area contributed by atoms with Crippen LogP contribution in [-0.4, -0.2) is 35.4 Å². The standard InChI is InChI=1S/C28H35BrCl2N2O3/c1-5-24(27(35)32-19-9-6-7-10-19)33(16-20-22(30)11-8-12-23(20)31)26(34)17-36-25-14-13-18(15-21(25)29)28(2,3)4/h8,11-15,19,24H,5-7,9-10,16-17H2,1-4H3,(H,32,35)/t24-/m0/s1.